The summed E-state index contributed by atoms with van der Waals surface area (Å²) in [6.07, 6.45) is 6.63. The summed E-state index contributed by atoms with van der Waals surface area (Å²) >= 11 is 0. The monoisotopic (exact) mass is 324 g/mol. The first-order valence-corrected chi connectivity index (χ1v) is 7.98. The van der Waals surface area contributed by atoms with E-state index in [2.05, 4.69) is 0 Å². The second-order valence-electron chi connectivity index (χ2n) is 5.71. The van der Waals surface area contributed by atoms with Crippen LogP contribution in [0.4, 0.5) is 0 Å². The van der Waals surface area contributed by atoms with Crippen LogP contribution in [0.1, 0.15) is 25.0 Å². The molecule has 0 bridgehead atoms. The number of hydrogen-bond donors (Lipinski definition) is 1. The van der Waals surface area contributed by atoms with Crippen LogP contribution < -0.4 is 9.47 Å². The van der Waals surface area contributed by atoms with E-state index in [-0.39, 0.29) is 5.75 Å². The molecule has 0 aromatic heterocycles. The Balaban J connectivity index is 2.15. The highest BCUT2D eigenvalue weighted by Gasteiger charge is 2.13. The van der Waals surface area contributed by atoms with Gasteiger partial charge in [-0.25, -0.2) is 0 Å². The molecule has 0 radical (unpaired) electrons. The molecule has 3 nitrogen and oxygen atoms in total. The second kappa shape index (κ2) is 8.82. The van der Waals surface area contributed by atoms with E-state index in [1.807, 2.05) is 74.5 Å². The summed E-state index contributed by atoms with van der Waals surface area (Å²) in [7, 11) is 1.57. The van der Waals surface area contributed by atoms with Crippen molar-refractivity contribution in [1.29, 1.82) is 0 Å². The molecule has 2 aromatic rings. The van der Waals surface area contributed by atoms with Crippen LogP contribution in [-0.4, -0.2) is 18.8 Å². The Morgan fingerprint density at radius 1 is 1.08 bits per heavy atom. The highest BCUT2D eigenvalue weighted by molar-refractivity contribution is 5.56. The predicted octanol–water partition coefficient (Wildman–Crippen LogP) is 5.00. The maximum absolute atomic E-state index is 10.5. The van der Waals surface area contributed by atoms with Crippen molar-refractivity contribution < 1.29 is 14.6 Å². The molecule has 0 fully saturated rings. The summed E-state index contributed by atoms with van der Waals surface area (Å²) in [5, 5.41) is 10.5. The molecule has 2 rings (SSSR count). The lowest BCUT2D eigenvalue weighted by Crippen LogP contribution is -1.99. The molecule has 0 atom stereocenters. The van der Waals surface area contributed by atoms with E-state index in [0.717, 1.165) is 16.7 Å². The van der Waals surface area contributed by atoms with E-state index >= 15 is 0 Å². The summed E-state index contributed by atoms with van der Waals surface area (Å²) in [5.74, 6) is 1.06. The topological polar surface area (TPSA) is 38.7 Å². The van der Waals surface area contributed by atoms with Gasteiger partial charge in [0.15, 0.2) is 11.5 Å². The van der Waals surface area contributed by atoms with Crippen molar-refractivity contribution in [2.75, 3.05) is 13.7 Å². The molecule has 126 valence electrons. The van der Waals surface area contributed by atoms with Crippen LogP contribution in [0.25, 0.3) is 6.08 Å². The molecule has 2 aromatic carbocycles. The van der Waals surface area contributed by atoms with Gasteiger partial charge < -0.3 is 14.6 Å². The Labute approximate surface area is 143 Å². The second-order valence-corrected chi connectivity index (χ2v) is 5.71. The van der Waals surface area contributed by atoms with Gasteiger partial charge in [-0.1, -0.05) is 54.1 Å². The average molecular weight is 324 g/mol. The molecule has 0 spiro atoms. The Morgan fingerprint density at radius 2 is 1.83 bits per heavy atom. The third kappa shape index (κ3) is 4.92. The number of methoxy groups -OCH3 is 1. The van der Waals surface area contributed by atoms with Crippen LogP contribution in [-0.2, 0) is 6.42 Å². The first kappa shape index (κ1) is 17.7. The molecule has 0 heterocycles. The van der Waals surface area contributed by atoms with Gasteiger partial charge in [0.1, 0.15) is 6.61 Å². The van der Waals surface area contributed by atoms with Crippen molar-refractivity contribution >= 4 is 6.08 Å². The smallest absolute Gasteiger partial charge is 0.203 e. The number of phenolic OH excluding ortho intramolecular Hbond substituents is 1. The van der Waals surface area contributed by atoms with Gasteiger partial charge in [0.2, 0.25) is 5.75 Å². The van der Waals surface area contributed by atoms with Crippen LogP contribution in [0, 0.1) is 0 Å². The van der Waals surface area contributed by atoms with E-state index in [1.165, 1.54) is 0 Å². The van der Waals surface area contributed by atoms with Crippen LogP contribution in [0.5, 0.6) is 17.2 Å². The first-order valence-electron chi connectivity index (χ1n) is 7.98. The van der Waals surface area contributed by atoms with Crippen LogP contribution in [0.3, 0.4) is 0 Å². The molecule has 0 aliphatic carbocycles. The molecule has 0 saturated heterocycles. The first-order chi connectivity index (χ1) is 11.6. The van der Waals surface area contributed by atoms with E-state index in [0.29, 0.717) is 24.5 Å². The number of benzene rings is 2. The van der Waals surface area contributed by atoms with E-state index in [9.17, 15) is 5.11 Å². The van der Waals surface area contributed by atoms with Crippen LogP contribution in [0.15, 0.2) is 60.2 Å². The zero-order valence-corrected chi connectivity index (χ0v) is 14.5. The lowest BCUT2D eigenvalue weighted by Gasteiger charge is -2.13. The van der Waals surface area contributed by atoms with Crippen molar-refractivity contribution in [3.63, 3.8) is 0 Å². The van der Waals surface area contributed by atoms with Crippen LogP contribution >= 0.6 is 0 Å². The number of rotatable bonds is 7. The summed E-state index contributed by atoms with van der Waals surface area (Å²) in [4.78, 5) is 0. The molecule has 0 aliphatic heterocycles. The highest BCUT2D eigenvalue weighted by Crippen LogP contribution is 2.39. The standard InChI is InChI=1S/C21H24O3/c1-16(2)14-15-24-21-19(23-3)13-12-18(20(21)22)11-7-10-17-8-5-4-6-9-17/h4-10,12-14,22H,11,15H2,1-3H3/b10-7+. The Bertz CT molecular complexity index is 711. The third-order valence-corrected chi connectivity index (χ3v) is 3.57. The number of ether oxygens (including phenoxy) is 2. The number of aromatic hydroxyl groups is 1. The van der Waals surface area contributed by atoms with E-state index < -0.39 is 0 Å². The summed E-state index contributed by atoms with van der Waals surface area (Å²) < 4.78 is 11.0. The molecular weight excluding hydrogens is 300 g/mol. The molecule has 0 amide bonds. The minimum atomic E-state index is 0.134. The summed E-state index contributed by atoms with van der Waals surface area (Å²) in [5.41, 5.74) is 3.09. The van der Waals surface area contributed by atoms with Crippen LogP contribution in [0.2, 0.25) is 0 Å². The van der Waals surface area contributed by atoms with Crippen molar-refractivity contribution in [2.45, 2.75) is 20.3 Å². The van der Waals surface area contributed by atoms with Crippen molar-refractivity contribution in [3.8, 4) is 17.2 Å². The molecule has 3 heteroatoms. The minimum absolute atomic E-state index is 0.134. The predicted molar refractivity (Wildman–Crippen MR) is 98.8 cm³/mol. The van der Waals surface area contributed by atoms with Gasteiger partial charge in [-0.2, -0.15) is 0 Å². The Kier molecular flexibility index (Phi) is 6.50. The van der Waals surface area contributed by atoms with Gasteiger partial charge in [-0.15, -0.1) is 0 Å². The number of phenols is 1. The molecule has 0 unspecified atom stereocenters. The molecule has 24 heavy (non-hydrogen) atoms. The number of hydrogen-bond acceptors (Lipinski definition) is 3. The fraction of sp³-hybridized carbons (Fsp3) is 0.238. The van der Waals surface area contributed by atoms with Gasteiger partial charge in [0.25, 0.3) is 0 Å². The maximum atomic E-state index is 10.5. The van der Waals surface area contributed by atoms with Crippen molar-refractivity contribution in [2.24, 2.45) is 0 Å². The fourth-order valence-corrected chi connectivity index (χ4v) is 2.24. The average Bonchev–Trinajstić information content (AvgIpc) is 2.58. The van der Waals surface area contributed by atoms with E-state index in [1.54, 1.807) is 7.11 Å². The van der Waals surface area contributed by atoms with Crippen molar-refractivity contribution in [1.82, 2.24) is 0 Å². The SMILES string of the molecule is COc1ccc(C/C=C/c2ccccc2)c(O)c1OCC=C(C)C. The molecule has 1 N–H and O–H groups in total. The Morgan fingerprint density at radius 3 is 2.50 bits per heavy atom. The maximum Gasteiger partial charge on any atom is 0.203 e. The quantitative estimate of drug-likeness (QED) is 0.728. The molecular formula is C21H24O3. The zero-order chi connectivity index (χ0) is 17.4. The normalized spacial score (nSPS) is 10.6. The van der Waals surface area contributed by atoms with Gasteiger partial charge in [0, 0.05) is 5.56 Å². The van der Waals surface area contributed by atoms with Gasteiger partial charge >= 0.3 is 0 Å². The van der Waals surface area contributed by atoms with Gasteiger partial charge in [-0.05, 0) is 38.0 Å². The van der Waals surface area contributed by atoms with E-state index in [4.69, 9.17) is 9.47 Å². The summed E-state index contributed by atoms with van der Waals surface area (Å²) in [6, 6.07) is 13.7. The Hall–Kier alpha value is -2.68. The van der Waals surface area contributed by atoms with Gasteiger partial charge in [-0.3, -0.25) is 0 Å². The highest BCUT2D eigenvalue weighted by atomic mass is 16.5. The fourth-order valence-electron chi connectivity index (χ4n) is 2.24. The molecule has 0 aliphatic rings. The zero-order valence-electron chi connectivity index (χ0n) is 14.5. The lowest BCUT2D eigenvalue weighted by molar-refractivity contribution is 0.305. The van der Waals surface area contributed by atoms with Crippen molar-refractivity contribution in [3.05, 3.63) is 71.3 Å². The summed E-state index contributed by atoms with van der Waals surface area (Å²) in [6.45, 7) is 4.41. The third-order valence-electron chi connectivity index (χ3n) is 3.57. The minimum Gasteiger partial charge on any atom is -0.504 e. The lowest BCUT2D eigenvalue weighted by atomic mass is 10.1. The van der Waals surface area contributed by atoms with Gasteiger partial charge in [0.05, 0.1) is 7.11 Å². The molecule has 0 saturated carbocycles. The number of allylic oxidation sites excluding steroid dienone is 2. The largest absolute Gasteiger partial charge is 0.504 e.